The van der Waals surface area contributed by atoms with Crippen molar-refractivity contribution in [2.75, 3.05) is 13.1 Å². The second-order valence-electron chi connectivity index (χ2n) is 8.78. The smallest absolute Gasteiger partial charge is 0.274 e. The number of carbonyl (C=O) groups is 2. The summed E-state index contributed by atoms with van der Waals surface area (Å²) in [5.41, 5.74) is 5.82. The molecule has 1 N–H and O–H groups in total. The van der Waals surface area contributed by atoms with Crippen molar-refractivity contribution in [3.63, 3.8) is 0 Å². The molecule has 2 aromatic heterocycles. The molecule has 2 amide bonds. The van der Waals surface area contributed by atoms with Gasteiger partial charge in [0, 0.05) is 19.6 Å². The predicted molar refractivity (Wildman–Crippen MR) is 124 cm³/mol. The molecular weight excluding hydrogens is 422 g/mol. The summed E-state index contributed by atoms with van der Waals surface area (Å²) in [6, 6.07) is 9.97. The highest BCUT2D eigenvalue weighted by atomic mass is 32.1. The zero-order valence-electron chi connectivity index (χ0n) is 18.5. The number of carbonyl (C=O) groups excluding carboxylic acids is 2. The molecule has 1 aliphatic carbocycles. The van der Waals surface area contributed by atoms with Crippen LogP contribution in [0.4, 0.5) is 0 Å². The molecule has 3 atom stereocenters. The number of thiazole rings is 1. The van der Waals surface area contributed by atoms with Crippen molar-refractivity contribution >= 4 is 23.2 Å². The summed E-state index contributed by atoms with van der Waals surface area (Å²) < 4.78 is 1.71. The summed E-state index contributed by atoms with van der Waals surface area (Å²) >= 11 is 1.50. The van der Waals surface area contributed by atoms with Crippen LogP contribution in [0, 0.1) is 25.7 Å². The highest BCUT2D eigenvalue weighted by Crippen LogP contribution is 2.50. The van der Waals surface area contributed by atoms with Crippen LogP contribution in [0.25, 0.3) is 10.4 Å². The summed E-state index contributed by atoms with van der Waals surface area (Å²) in [7, 11) is 0. The molecule has 5 rings (SSSR count). The van der Waals surface area contributed by atoms with Gasteiger partial charge in [0.15, 0.2) is 0 Å². The first kappa shape index (κ1) is 20.9. The van der Waals surface area contributed by atoms with Gasteiger partial charge in [-0.2, -0.15) is 5.10 Å². The number of benzene rings is 1. The van der Waals surface area contributed by atoms with Gasteiger partial charge >= 0.3 is 0 Å². The van der Waals surface area contributed by atoms with Crippen molar-refractivity contribution < 1.29 is 9.59 Å². The van der Waals surface area contributed by atoms with Gasteiger partial charge in [-0.25, -0.2) is 4.98 Å². The maximum atomic E-state index is 13.5. The van der Waals surface area contributed by atoms with Crippen LogP contribution in [0.5, 0.6) is 0 Å². The molecule has 1 aromatic carbocycles. The number of likely N-dealkylation sites (tertiary alicyclic amines) is 1. The Morgan fingerprint density at radius 1 is 1.25 bits per heavy atom. The summed E-state index contributed by atoms with van der Waals surface area (Å²) in [4.78, 5) is 33.6. The first-order valence-corrected chi connectivity index (χ1v) is 12.0. The third-order valence-electron chi connectivity index (χ3n) is 6.52. The van der Waals surface area contributed by atoms with E-state index in [1.807, 2.05) is 43.9 Å². The summed E-state index contributed by atoms with van der Waals surface area (Å²) in [6.07, 6.45) is 1.12. The maximum Gasteiger partial charge on any atom is 0.274 e. The Labute approximate surface area is 191 Å². The van der Waals surface area contributed by atoms with Crippen molar-refractivity contribution in [3.8, 4) is 10.4 Å². The lowest BCUT2D eigenvalue weighted by molar-refractivity contribution is 0.0690. The fraction of sp³-hybridized carbons (Fsp3) is 0.417. The van der Waals surface area contributed by atoms with E-state index in [9.17, 15) is 9.59 Å². The third kappa shape index (κ3) is 3.72. The fourth-order valence-electron chi connectivity index (χ4n) is 4.85. The molecule has 1 saturated carbocycles. The van der Waals surface area contributed by atoms with Crippen molar-refractivity contribution in [2.24, 2.45) is 11.8 Å². The number of nitrogens with one attached hydrogen (secondary N) is 1. The van der Waals surface area contributed by atoms with Crippen LogP contribution < -0.4 is 5.32 Å². The first-order valence-electron chi connectivity index (χ1n) is 11.1. The Morgan fingerprint density at radius 2 is 2.09 bits per heavy atom. The Balaban J connectivity index is 1.33. The Bertz CT molecular complexity index is 1180. The van der Waals surface area contributed by atoms with Crippen molar-refractivity contribution in [1.29, 1.82) is 0 Å². The number of fused-ring (bicyclic) bond motifs is 1. The molecule has 0 radical (unpaired) electrons. The second-order valence-corrected chi connectivity index (χ2v) is 9.64. The maximum absolute atomic E-state index is 13.5. The minimum atomic E-state index is -0.141. The number of amides is 2. The average molecular weight is 450 g/mol. The van der Waals surface area contributed by atoms with Gasteiger partial charge < -0.3 is 10.2 Å². The van der Waals surface area contributed by atoms with Crippen LogP contribution in [0.2, 0.25) is 0 Å². The van der Waals surface area contributed by atoms with Gasteiger partial charge in [0.2, 0.25) is 0 Å². The fourth-order valence-corrected chi connectivity index (χ4v) is 5.63. The lowest BCUT2D eigenvalue weighted by Gasteiger charge is -2.27. The van der Waals surface area contributed by atoms with Crippen LogP contribution >= 0.6 is 11.3 Å². The van der Waals surface area contributed by atoms with E-state index in [1.165, 1.54) is 11.3 Å². The standard InChI is InChI=1S/C24H27N5O2S/c1-4-29-19(9-15(3)27-29)23(30)25-11-20-18-10-17(18)12-28(20)24(31)21-22(32-13-26-21)16-7-5-6-14(2)8-16/h5-9,13,17-18,20H,4,10-12H2,1-3H3,(H,25,30)/t17-,18-,20+/m0/s1. The van der Waals surface area contributed by atoms with Crippen LogP contribution in [0.3, 0.4) is 0 Å². The van der Waals surface area contributed by atoms with E-state index >= 15 is 0 Å². The van der Waals surface area contributed by atoms with Crippen LogP contribution in [-0.4, -0.2) is 50.6 Å². The minimum absolute atomic E-state index is 0.00241. The molecule has 8 heteroatoms. The van der Waals surface area contributed by atoms with Gasteiger partial charge in [0.05, 0.1) is 22.1 Å². The third-order valence-corrected chi connectivity index (χ3v) is 7.40. The molecule has 166 valence electrons. The molecule has 7 nitrogen and oxygen atoms in total. The number of rotatable bonds is 6. The molecule has 2 aliphatic rings. The molecule has 1 aliphatic heterocycles. The van der Waals surface area contributed by atoms with E-state index in [-0.39, 0.29) is 17.9 Å². The van der Waals surface area contributed by atoms with Crippen molar-refractivity contribution in [1.82, 2.24) is 25.0 Å². The average Bonchev–Trinajstić information content (AvgIpc) is 3.13. The van der Waals surface area contributed by atoms with Crippen LogP contribution in [0.1, 0.15) is 45.6 Å². The molecule has 1 saturated heterocycles. The van der Waals surface area contributed by atoms with Gasteiger partial charge in [-0.3, -0.25) is 14.3 Å². The number of piperidine rings is 1. The van der Waals surface area contributed by atoms with E-state index in [0.717, 1.165) is 34.7 Å². The van der Waals surface area contributed by atoms with E-state index in [2.05, 4.69) is 21.5 Å². The second kappa shape index (κ2) is 8.16. The van der Waals surface area contributed by atoms with E-state index in [4.69, 9.17) is 0 Å². The minimum Gasteiger partial charge on any atom is -0.349 e. The molecule has 0 unspecified atom stereocenters. The lowest BCUT2D eigenvalue weighted by atomic mass is 10.1. The van der Waals surface area contributed by atoms with Gasteiger partial charge in [-0.1, -0.05) is 29.8 Å². The zero-order valence-corrected chi connectivity index (χ0v) is 19.4. The van der Waals surface area contributed by atoms with Gasteiger partial charge in [0.1, 0.15) is 11.4 Å². The molecule has 32 heavy (non-hydrogen) atoms. The number of hydrogen-bond acceptors (Lipinski definition) is 5. The van der Waals surface area contributed by atoms with E-state index in [1.54, 1.807) is 16.3 Å². The van der Waals surface area contributed by atoms with Crippen LogP contribution in [0.15, 0.2) is 35.8 Å². The van der Waals surface area contributed by atoms with E-state index in [0.29, 0.717) is 36.3 Å². The quantitative estimate of drug-likeness (QED) is 0.624. The zero-order chi connectivity index (χ0) is 22.4. The molecule has 2 fully saturated rings. The van der Waals surface area contributed by atoms with Crippen LogP contribution in [-0.2, 0) is 6.54 Å². The number of hydrogen-bond donors (Lipinski definition) is 1. The van der Waals surface area contributed by atoms with Gasteiger partial charge in [-0.05, 0) is 50.7 Å². The molecule has 0 bridgehead atoms. The molecule has 3 heterocycles. The largest absolute Gasteiger partial charge is 0.349 e. The highest BCUT2D eigenvalue weighted by molar-refractivity contribution is 7.13. The molecule has 3 aromatic rings. The summed E-state index contributed by atoms with van der Waals surface area (Å²) in [5, 5.41) is 7.42. The Kier molecular flexibility index (Phi) is 5.33. The highest BCUT2D eigenvalue weighted by Gasteiger charge is 2.54. The van der Waals surface area contributed by atoms with Gasteiger partial charge in [0.25, 0.3) is 11.8 Å². The van der Waals surface area contributed by atoms with Gasteiger partial charge in [-0.15, -0.1) is 11.3 Å². The van der Waals surface area contributed by atoms with Crippen molar-refractivity contribution in [2.45, 2.75) is 39.8 Å². The SMILES string of the molecule is CCn1nc(C)cc1C(=O)NC[C@@H]1[C@H]2C[C@H]2CN1C(=O)c1ncsc1-c1cccc(C)c1. The number of aromatic nitrogens is 3. The summed E-state index contributed by atoms with van der Waals surface area (Å²) in [5.74, 6) is 0.810. The molecule has 0 spiro atoms. The monoisotopic (exact) mass is 449 g/mol. The lowest BCUT2D eigenvalue weighted by Crippen LogP contribution is -2.46. The number of nitrogens with zero attached hydrogens (tertiary/aromatic N) is 4. The number of aryl methyl sites for hydroxylation is 3. The normalized spacial score (nSPS) is 21.5. The first-order chi connectivity index (χ1) is 15.5. The predicted octanol–water partition coefficient (Wildman–Crippen LogP) is 3.53. The van der Waals surface area contributed by atoms with E-state index < -0.39 is 0 Å². The topological polar surface area (TPSA) is 80.1 Å². The Morgan fingerprint density at radius 3 is 2.88 bits per heavy atom. The summed E-state index contributed by atoms with van der Waals surface area (Å²) in [6.45, 7) is 7.72. The molecular formula is C24H27N5O2S. The Hall–Kier alpha value is -3.00. The van der Waals surface area contributed by atoms with Crippen molar-refractivity contribution in [3.05, 3.63) is 58.5 Å².